The van der Waals surface area contributed by atoms with Crippen LogP contribution in [-0.4, -0.2) is 9.13 Å². The van der Waals surface area contributed by atoms with Crippen LogP contribution >= 0.6 is 15.9 Å². The molecule has 0 N–H and O–H groups in total. The minimum atomic E-state index is 0.243. The molecule has 0 fully saturated rings. The number of benzene rings is 7. The van der Waals surface area contributed by atoms with Gasteiger partial charge in [0.1, 0.15) is 11.3 Å². The maximum atomic E-state index is 6.24. The molecule has 0 bridgehead atoms. The first-order valence-corrected chi connectivity index (χ1v) is 18.6. The number of furan rings is 1. The lowest BCUT2D eigenvalue weighted by molar-refractivity contribution is 0.591. The molecule has 3 aromatic heterocycles. The summed E-state index contributed by atoms with van der Waals surface area (Å²) in [5, 5.41) is 6.21. The summed E-state index contributed by atoms with van der Waals surface area (Å²) in [4.78, 5) is 0. The molecule has 1 aliphatic rings. The van der Waals surface area contributed by atoms with Crippen molar-refractivity contribution in [2.24, 2.45) is 0 Å². The van der Waals surface area contributed by atoms with E-state index in [1.165, 1.54) is 76.9 Å². The van der Waals surface area contributed by atoms with E-state index in [-0.39, 0.29) is 5.92 Å². The lowest BCUT2D eigenvalue weighted by Gasteiger charge is -2.17. The Bertz CT molecular complexity index is 3050. The Balaban J connectivity index is 1.08. The number of nitrogens with zero attached hydrogens (tertiary/aromatic N) is 2. The van der Waals surface area contributed by atoms with Crippen LogP contribution in [-0.2, 0) is 6.42 Å². The van der Waals surface area contributed by atoms with E-state index >= 15 is 0 Å². The molecule has 1 atom stereocenters. The first-order chi connectivity index (χ1) is 25.7. The Morgan fingerprint density at radius 3 is 1.79 bits per heavy atom. The molecule has 0 amide bonds. The molecule has 11 rings (SSSR count). The maximum absolute atomic E-state index is 6.24. The predicted molar refractivity (Wildman–Crippen MR) is 220 cm³/mol. The van der Waals surface area contributed by atoms with Gasteiger partial charge in [-0.15, -0.1) is 0 Å². The van der Waals surface area contributed by atoms with Gasteiger partial charge in [-0.25, -0.2) is 0 Å². The van der Waals surface area contributed by atoms with Gasteiger partial charge in [0.05, 0.1) is 22.1 Å². The second-order valence-corrected chi connectivity index (χ2v) is 14.7. The topological polar surface area (TPSA) is 23.0 Å². The molecule has 0 saturated heterocycles. The molecule has 7 aromatic carbocycles. The van der Waals surface area contributed by atoms with Crippen molar-refractivity contribution >= 4 is 76.6 Å². The van der Waals surface area contributed by atoms with Crippen molar-refractivity contribution in [3.8, 4) is 22.5 Å². The minimum absolute atomic E-state index is 0.243. The van der Waals surface area contributed by atoms with E-state index in [1.54, 1.807) is 0 Å². The van der Waals surface area contributed by atoms with E-state index < -0.39 is 0 Å². The third kappa shape index (κ3) is 4.44. The molecule has 246 valence electrons. The largest absolute Gasteiger partial charge is 0.456 e. The van der Waals surface area contributed by atoms with Crippen LogP contribution in [0.5, 0.6) is 0 Å². The lowest BCUT2D eigenvalue weighted by atomic mass is 9.86. The molecule has 4 heteroatoms. The molecule has 52 heavy (non-hydrogen) atoms. The van der Waals surface area contributed by atoms with E-state index in [2.05, 4.69) is 189 Å². The highest BCUT2D eigenvalue weighted by Crippen LogP contribution is 2.42. The van der Waals surface area contributed by atoms with Gasteiger partial charge >= 0.3 is 0 Å². The van der Waals surface area contributed by atoms with E-state index in [9.17, 15) is 0 Å². The van der Waals surface area contributed by atoms with Crippen LogP contribution in [0, 0.1) is 0 Å². The normalized spacial score (nSPS) is 14.3. The molecule has 0 saturated carbocycles. The summed E-state index contributed by atoms with van der Waals surface area (Å²) in [6, 6.07) is 57.3. The first kappa shape index (κ1) is 29.6. The Morgan fingerprint density at radius 2 is 1.10 bits per heavy atom. The van der Waals surface area contributed by atoms with Crippen molar-refractivity contribution in [2.45, 2.75) is 12.3 Å². The lowest BCUT2D eigenvalue weighted by Crippen LogP contribution is -2.04. The number of para-hydroxylation sites is 3. The van der Waals surface area contributed by atoms with Gasteiger partial charge in [0.25, 0.3) is 0 Å². The van der Waals surface area contributed by atoms with Gasteiger partial charge in [0, 0.05) is 54.3 Å². The molecular weight excluding hydrogens is 700 g/mol. The van der Waals surface area contributed by atoms with Crippen molar-refractivity contribution < 1.29 is 4.42 Å². The van der Waals surface area contributed by atoms with E-state index in [0.29, 0.717) is 0 Å². The monoisotopic (exact) mass is 730 g/mol. The molecule has 3 nitrogen and oxygen atoms in total. The second kappa shape index (κ2) is 11.5. The molecule has 0 spiro atoms. The minimum Gasteiger partial charge on any atom is -0.456 e. The average Bonchev–Trinajstić information content (AvgIpc) is 3.85. The Kier molecular flexibility index (Phi) is 6.53. The highest BCUT2D eigenvalue weighted by atomic mass is 79.9. The van der Waals surface area contributed by atoms with Gasteiger partial charge in [-0.1, -0.05) is 101 Å². The van der Waals surface area contributed by atoms with Gasteiger partial charge in [-0.3, -0.25) is 0 Å². The molecule has 3 heterocycles. The number of hydrogen-bond acceptors (Lipinski definition) is 1. The van der Waals surface area contributed by atoms with Gasteiger partial charge in [-0.2, -0.15) is 0 Å². The number of allylic oxidation sites excluding steroid dienone is 1. The van der Waals surface area contributed by atoms with Crippen LogP contribution in [0.15, 0.2) is 173 Å². The number of hydrogen-bond donors (Lipinski definition) is 0. The van der Waals surface area contributed by atoms with Gasteiger partial charge in [-0.05, 0) is 108 Å². The van der Waals surface area contributed by atoms with Crippen LogP contribution < -0.4 is 0 Å². The third-order valence-electron chi connectivity index (χ3n) is 11.0. The smallest absolute Gasteiger partial charge is 0.136 e. The number of halogens is 1. The zero-order chi connectivity index (χ0) is 34.3. The first-order valence-electron chi connectivity index (χ1n) is 17.8. The quantitative estimate of drug-likeness (QED) is 0.177. The summed E-state index contributed by atoms with van der Waals surface area (Å²) in [5.74, 6) is 1.21. The van der Waals surface area contributed by atoms with Crippen LogP contribution in [0.1, 0.15) is 22.8 Å². The fraction of sp³-hybridized carbons (Fsp3) is 0.0417. The van der Waals surface area contributed by atoms with Crippen LogP contribution in [0.3, 0.4) is 0 Å². The van der Waals surface area contributed by atoms with Crippen LogP contribution in [0.25, 0.3) is 83.2 Å². The van der Waals surface area contributed by atoms with E-state index in [4.69, 9.17) is 4.42 Å². The summed E-state index contributed by atoms with van der Waals surface area (Å²) in [5.41, 5.74) is 13.1. The zero-order valence-electron chi connectivity index (χ0n) is 28.1. The standard InChI is InChI=1S/C48H31BrN2O/c49-41-15-9-17-47-48(41)40-29-33(21-25-46(40)52-47)32-20-24-45-39(28-32)38-27-31(19-23-44(38)51(45)35-12-5-2-6-13-35)30-18-22-43-37(26-30)36-14-7-8-16-42(36)50(43)34-10-3-1-4-11-34/h1-28,33H,29H2. The molecular formula is C48H31BrN2O. The number of aromatic nitrogens is 2. The van der Waals surface area contributed by atoms with Crippen molar-refractivity contribution in [2.75, 3.05) is 0 Å². The summed E-state index contributed by atoms with van der Waals surface area (Å²) in [6.45, 7) is 0. The molecule has 10 aromatic rings. The molecule has 0 aliphatic heterocycles. The summed E-state index contributed by atoms with van der Waals surface area (Å²) < 4.78 is 12.1. The molecule has 0 radical (unpaired) electrons. The second-order valence-electron chi connectivity index (χ2n) is 13.8. The predicted octanol–water partition coefficient (Wildman–Crippen LogP) is 13.4. The molecule has 1 aliphatic carbocycles. The molecule has 1 unspecified atom stereocenters. The van der Waals surface area contributed by atoms with Crippen molar-refractivity contribution in [3.05, 3.63) is 185 Å². The summed E-state index contributed by atoms with van der Waals surface area (Å²) in [6.07, 6.45) is 5.37. The van der Waals surface area contributed by atoms with Gasteiger partial charge in [0.2, 0.25) is 0 Å². The van der Waals surface area contributed by atoms with Gasteiger partial charge < -0.3 is 13.6 Å². The highest BCUT2D eigenvalue weighted by molar-refractivity contribution is 9.10. The zero-order valence-corrected chi connectivity index (χ0v) is 29.7. The number of fused-ring (bicyclic) bond motifs is 9. The van der Waals surface area contributed by atoms with Crippen molar-refractivity contribution in [3.63, 3.8) is 0 Å². The maximum Gasteiger partial charge on any atom is 0.136 e. The average molecular weight is 732 g/mol. The summed E-state index contributed by atoms with van der Waals surface area (Å²) in [7, 11) is 0. The Labute approximate surface area is 308 Å². The Morgan fingerprint density at radius 1 is 0.519 bits per heavy atom. The van der Waals surface area contributed by atoms with Gasteiger partial charge in [0.15, 0.2) is 0 Å². The van der Waals surface area contributed by atoms with E-state index in [1.807, 2.05) is 6.07 Å². The fourth-order valence-corrected chi connectivity index (χ4v) is 9.14. The fourth-order valence-electron chi connectivity index (χ4n) is 8.56. The third-order valence-corrected chi connectivity index (χ3v) is 11.6. The Hall–Kier alpha value is -6.10. The van der Waals surface area contributed by atoms with Crippen molar-refractivity contribution in [1.29, 1.82) is 0 Å². The van der Waals surface area contributed by atoms with Crippen molar-refractivity contribution in [1.82, 2.24) is 9.13 Å². The van der Waals surface area contributed by atoms with E-state index in [0.717, 1.165) is 27.9 Å². The van der Waals surface area contributed by atoms with Crippen LogP contribution in [0.2, 0.25) is 0 Å². The highest BCUT2D eigenvalue weighted by Gasteiger charge is 2.24. The number of rotatable bonds is 4. The SMILES string of the molecule is Brc1cccc2oc3c(c12)CC(c1ccc2c(c1)c1cc(-c4ccc5c(c4)c4ccccc4n5-c4ccccc4)ccc1n2-c1ccccc1)C=C3. The van der Waals surface area contributed by atoms with Crippen LogP contribution in [0.4, 0.5) is 0 Å². The summed E-state index contributed by atoms with van der Waals surface area (Å²) >= 11 is 3.79.